The van der Waals surface area contributed by atoms with Crippen molar-refractivity contribution in [1.82, 2.24) is 9.97 Å². The van der Waals surface area contributed by atoms with Crippen molar-refractivity contribution in [1.29, 1.82) is 0 Å². The number of fused-ring (bicyclic) bond motifs is 1. The molecule has 2 aromatic rings. The number of imidazole rings is 1. The number of thioether (sulfide) groups is 1. The van der Waals surface area contributed by atoms with Crippen LogP contribution in [0, 0.1) is 0 Å². The summed E-state index contributed by atoms with van der Waals surface area (Å²) in [7, 11) is 0. The van der Waals surface area contributed by atoms with Crippen LogP contribution >= 0.6 is 11.8 Å². The fourth-order valence-electron chi connectivity index (χ4n) is 1.77. The van der Waals surface area contributed by atoms with E-state index in [1.165, 1.54) is 25.7 Å². The van der Waals surface area contributed by atoms with Gasteiger partial charge in [-0.15, -0.1) is 0 Å². The molecule has 0 fully saturated rings. The average molecular weight is 249 g/mol. The maximum atomic E-state index is 5.73. The Bertz CT molecular complexity index is 478. The molecule has 3 nitrogen and oxygen atoms in total. The summed E-state index contributed by atoms with van der Waals surface area (Å²) in [6.07, 6.45) is 5.19. The van der Waals surface area contributed by atoms with Gasteiger partial charge in [0.25, 0.3) is 0 Å². The molecule has 0 bridgehead atoms. The summed E-state index contributed by atoms with van der Waals surface area (Å²) in [6, 6.07) is 5.78. The SMILES string of the molecule is CCCCCCSc1nc2ccc(N)cc2[nH]1. The molecule has 0 spiro atoms. The van der Waals surface area contributed by atoms with Gasteiger partial charge in [-0.25, -0.2) is 4.98 Å². The third kappa shape index (κ3) is 3.40. The number of nitrogens with zero attached hydrogens (tertiary/aromatic N) is 1. The van der Waals surface area contributed by atoms with Gasteiger partial charge in [0.05, 0.1) is 11.0 Å². The molecule has 0 saturated carbocycles. The van der Waals surface area contributed by atoms with Crippen LogP contribution in [-0.2, 0) is 0 Å². The minimum absolute atomic E-state index is 0.778. The van der Waals surface area contributed by atoms with Gasteiger partial charge in [-0.3, -0.25) is 0 Å². The average Bonchev–Trinajstić information content (AvgIpc) is 2.70. The number of anilines is 1. The first kappa shape index (κ1) is 12.3. The normalized spacial score (nSPS) is 11.1. The van der Waals surface area contributed by atoms with Crippen LogP contribution < -0.4 is 5.73 Å². The molecule has 1 aromatic heterocycles. The van der Waals surface area contributed by atoms with Crippen LogP contribution in [-0.4, -0.2) is 15.7 Å². The summed E-state index contributed by atoms with van der Waals surface area (Å²) >= 11 is 1.79. The van der Waals surface area contributed by atoms with Crippen molar-refractivity contribution in [2.24, 2.45) is 0 Å². The molecule has 0 amide bonds. The maximum absolute atomic E-state index is 5.73. The number of H-pyrrole nitrogens is 1. The van der Waals surface area contributed by atoms with Crippen molar-refractivity contribution in [2.75, 3.05) is 11.5 Å². The molecule has 1 heterocycles. The molecule has 0 aliphatic carbocycles. The van der Waals surface area contributed by atoms with Crippen LogP contribution in [0.15, 0.2) is 23.4 Å². The third-order valence-electron chi connectivity index (χ3n) is 2.72. The second kappa shape index (κ2) is 5.96. The Morgan fingerprint density at radius 2 is 2.18 bits per heavy atom. The minimum Gasteiger partial charge on any atom is -0.399 e. The van der Waals surface area contributed by atoms with Crippen molar-refractivity contribution >= 4 is 28.5 Å². The lowest BCUT2D eigenvalue weighted by atomic mass is 10.2. The second-order valence-electron chi connectivity index (χ2n) is 4.23. The Morgan fingerprint density at radius 1 is 1.29 bits per heavy atom. The zero-order valence-electron chi connectivity index (χ0n) is 10.2. The smallest absolute Gasteiger partial charge is 0.166 e. The van der Waals surface area contributed by atoms with E-state index >= 15 is 0 Å². The van der Waals surface area contributed by atoms with E-state index < -0.39 is 0 Å². The van der Waals surface area contributed by atoms with Crippen molar-refractivity contribution in [3.63, 3.8) is 0 Å². The number of nitrogens with two attached hydrogens (primary N) is 1. The number of aromatic amines is 1. The highest BCUT2D eigenvalue weighted by molar-refractivity contribution is 7.99. The monoisotopic (exact) mass is 249 g/mol. The highest BCUT2D eigenvalue weighted by atomic mass is 32.2. The van der Waals surface area contributed by atoms with E-state index in [0.717, 1.165) is 27.6 Å². The van der Waals surface area contributed by atoms with Gasteiger partial charge >= 0.3 is 0 Å². The maximum Gasteiger partial charge on any atom is 0.166 e. The van der Waals surface area contributed by atoms with E-state index in [1.807, 2.05) is 18.2 Å². The number of benzene rings is 1. The molecule has 0 aliphatic rings. The molecule has 0 atom stereocenters. The molecule has 0 unspecified atom stereocenters. The molecule has 3 N–H and O–H groups in total. The summed E-state index contributed by atoms with van der Waals surface area (Å²) in [5.74, 6) is 1.13. The van der Waals surface area contributed by atoms with Gasteiger partial charge < -0.3 is 10.7 Å². The van der Waals surface area contributed by atoms with Crippen LogP contribution in [0.25, 0.3) is 11.0 Å². The molecular weight excluding hydrogens is 230 g/mol. The summed E-state index contributed by atoms with van der Waals surface area (Å²) in [6.45, 7) is 2.23. The predicted octanol–water partition coefficient (Wildman–Crippen LogP) is 3.82. The molecule has 1 aromatic carbocycles. The lowest BCUT2D eigenvalue weighted by Gasteiger charge is -1.97. The van der Waals surface area contributed by atoms with E-state index in [2.05, 4.69) is 16.9 Å². The van der Waals surface area contributed by atoms with E-state index in [1.54, 1.807) is 11.8 Å². The number of nitrogen functional groups attached to an aromatic ring is 1. The zero-order valence-corrected chi connectivity index (χ0v) is 11.0. The Kier molecular flexibility index (Phi) is 4.31. The summed E-state index contributed by atoms with van der Waals surface area (Å²) in [5.41, 5.74) is 8.54. The van der Waals surface area contributed by atoms with Crippen molar-refractivity contribution in [3.8, 4) is 0 Å². The minimum atomic E-state index is 0.778. The standard InChI is InChI=1S/C13H19N3S/c1-2-3-4-5-8-17-13-15-11-7-6-10(14)9-12(11)16-13/h6-7,9H,2-5,8,14H2,1H3,(H,15,16). The van der Waals surface area contributed by atoms with E-state index in [9.17, 15) is 0 Å². The van der Waals surface area contributed by atoms with Crippen LogP contribution in [0.3, 0.4) is 0 Å². The molecule has 17 heavy (non-hydrogen) atoms. The van der Waals surface area contributed by atoms with Crippen molar-refractivity contribution in [3.05, 3.63) is 18.2 Å². The molecular formula is C13H19N3S. The van der Waals surface area contributed by atoms with Crippen LogP contribution in [0.2, 0.25) is 0 Å². The van der Waals surface area contributed by atoms with Crippen LogP contribution in [0.5, 0.6) is 0 Å². The number of hydrogen-bond donors (Lipinski definition) is 2. The first-order valence-corrected chi connectivity index (χ1v) is 7.16. The topological polar surface area (TPSA) is 54.7 Å². The fourth-order valence-corrected chi connectivity index (χ4v) is 2.66. The lowest BCUT2D eigenvalue weighted by Crippen LogP contribution is -1.82. The fraction of sp³-hybridized carbons (Fsp3) is 0.462. The quantitative estimate of drug-likeness (QED) is 0.465. The number of rotatable bonds is 6. The highest BCUT2D eigenvalue weighted by Gasteiger charge is 2.03. The first-order valence-electron chi connectivity index (χ1n) is 6.17. The van der Waals surface area contributed by atoms with Crippen molar-refractivity contribution < 1.29 is 0 Å². The van der Waals surface area contributed by atoms with Crippen LogP contribution in [0.1, 0.15) is 32.6 Å². The summed E-state index contributed by atoms with van der Waals surface area (Å²) in [4.78, 5) is 7.82. The second-order valence-corrected chi connectivity index (χ2v) is 5.31. The van der Waals surface area contributed by atoms with Gasteiger partial charge in [0.2, 0.25) is 0 Å². The number of unbranched alkanes of at least 4 members (excludes halogenated alkanes) is 3. The molecule has 2 rings (SSSR count). The predicted molar refractivity (Wildman–Crippen MR) is 75.4 cm³/mol. The number of nitrogens with one attached hydrogen (secondary N) is 1. The van der Waals surface area contributed by atoms with Gasteiger partial charge in [0.1, 0.15) is 0 Å². The first-order chi connectivity index (χ1) is 8.29. The van der Waals surface area contributed by atoms with Gasteiger partial charge in [-0.2, -0.15) is 0 Å². The Balaban J connectivity index is 1.91. The van der Waals surface area contributed by atoms with Crippen molar-refractivity contribution in [2.45, 2.75) is 37.8 Å². The molecule has 92 valence electrons. The Labute approximate surface area is 106 Å². The van der Waals surface area contributed by atoms with Gasteiger partial charge in [-0.1, -0.05) is 37.9 Å². The van der Waals surface area contributed by atoms with Gasteiger partial charge in [-0.05, 0) is 24.6 Å². The molecule has 0 radical (unpaired) electrons. The molecule has 4 heteroatoms. The Morgan fingerprint density at radius 3 is 3.00 bits per heavy atom. The van der Waals surface area contributed by atoms with E-state index in [0.29, 0.717) is 0 Å². The number of hydrogen-bond acceptors (Lipinski definition) is 3. The van der Waals surface area contributed by atoms with Gasteiger partial charge in [0.15, 0.2) is 5.16 Å². The summed E-state index contributed by atoms with van der Waals surface area (Å²) in [5, 5.41) is 1.00. The van der Waals surface area contributed by atoms with E-state index in [-0.39, 0.29) is 0 Å². The lowest BCUT2D eigenvalue weighted by molar-refractivity contribution is 0.706. The third-order valence-corrected chi connectivity index (χ3v) is 3.68. The van der Waals surface area contributed by atoms with Crippen LogP contribution in [0.4, 0.5) is 5.69 Å². The largest absolute Gasteiger partial charge is 0.399 e. The van der Waals surface area contributed by atoms with Gasteiger partial charge in [0, 0.05) is 11.4 Å². The summed E-state index contributed by atoms with van der Waals surface area (Å²) < 4.78 is 0. The molecule has 0 aliphatic heterocycles. The highest BCUT2D eigenvalue weighted by Crippen LogP contribution is 2.22. The Hall–Kier alpha value is -1.16. The number of aromatic nitrogens is 2. The zero-order chi connectivity index (χ0) is 12.1. The van der Waals surface area contributed by atoms with E-state index in [4.69, 9.17) is 5.73 Å². The molecule has 0 saturated heterocycles.